The van der Waals surface area contributed by atoms with Gasteiger partial charge in [0.05, 0.1) is 6.61 Å². The quantitative estimate of drug-likeness (QED) is 0.517. The SMILES string of the molecule is COC[C@H]1C[C@@H](Nc2cc(NCc3ccccc3)nc(C(=CN)C(C)C)n2)CN1. The molecule has 0 unspecified atom stereocenters. The largest absolute Gasteiger partial charge is 0.404 e. The molecule has 1 aliphatic heterocycles. The molecule has 0 bridgehead atoms. The monoisotopic (exact) mass is 396 g/mol. The van der Waals surface area contributed by atoms with Crippen LogP contribution < -0.4 is 21.7 Å². The van der Waals surface area contributed by atoms with Gasteiger partial charge in [-0.15, -0.1) is 0 Å². The van der Waals surface area contributed by atoms with Crippen molar-refractivity contribution in [3.8, 4) is 0 Å². The lowest BCUT2D eigenvalue weighted by Gasteiger charge is -2.17. The zero-order valence-corrected chi connectivity index (χ0v) is 17.5. The molecule has 1 fully saturated rings. The summed E-state index contributed by atoms with van der Waals surface area (Å²) in [4.78, 5) is 9.46. The zero-order valence-electron chi connectivity index (χ0n) is 17.5. The first-order chi connectivity index (χ1) is 14.1. The smallest absolute Gasteiger partial charge is 0.161 e. The Hall–Kier alpha value is -2.64. The molecule has 0 amide bonds. The summed E-state index contributed by atoms with van der Waals surface area (Å²) in [5.41, 5.74) is 8.01. The van der Waals surface area contributed by atoms with Gasteiger partial charge >= 0.3 is 0 Å². The molecule has 2 atom stereocenters. The predicted molar refractivity (Wildman–Crippen MR) is 118 cm³/mol. The van der Waals surface area contributed by atoms with Gasteiger partial charge in [0.15, 0.2) is 5.82 Å². The van der Waals surface area contributed by atoms with E-state index in [9.17, 15) is 0 Å². The van der Waals surface area contributed by atoms with Crippen LogP contribution >= 0.6 is 0 Å². The summed E-state index contributed by atoms with van der Waals surface area (Å²) in [5, 5.41) is 10.4. The molecule has 1 aliphatic rings. The summed E-state index contributed by atoms with van der Waals surface area (Å²) in [6, 6.07) is 12.9. The van der Waals surface area contributed by atoms with Crippen molar-refractivity contribution in [3.63, 3.8) is 0 Å². The Bertz CT molecular complexity index is 808. The van der Waals surface area contributed by atoms with E-state index in [1.54, 1.807) is 13.3 Å². The standard InChI is InChI=1S/C22H32N6O/c1-15(2)19(11-23)22-27-20(25-12-16-7-5-4-6-8-16)10-21(28-22)26-17-9-18(14-29-3)24-13-17/h4-8,10-11,15,17-18,24H,9,12-14,23H2,1-3H3,(H2,25,26,27,28)/t17-,18-/m1/s1. The van der Waals surface area contributed by atoms with Crippen molar-refractivity contribution in [2.45, 2.75) is 38.9 Å². The van der Waals surface area contributed by atoms with Crippen molar-refractivity contribution >= 4 is 17.2 Å². The number of hydrogen-bond donors (Lipinski definition) is 4. The van der Waals surface area contributed by atoms with Gasteiger partial charge in [-0.2, -0.15) is 0 Å². The average molecular weight is 397 g/mol. The van der Waals surface area contributed by atoms with Crippen molar-refractivity contribution in [1.82, 2.24) is 15.3 Å². The van der Waals surface area contributed by atoms with Gasteiger partial charge in [0.1, 0.15) is 11.6 Å². The first-order valence-corrected chi connectivity index (χ1v) is 10.2. The maximum atomic E-state index is 5.88. The summed E-state index contributed by atoms with van der Waals surface area (Å²) in [6.07, 6.45) is 2.60. The highest BCUT2D eigenvalue weighted by Crippen LogP contribution is 2.24. The van der Waals surface area contributed by atoms with E-state index in [1.165, 1.54) is 5.56 Å². The van der Waals surface area contributed by atoms with Crippen LogP contribution in [0.5, 0.6) is 0 Å². The molecule has 0 aliphatic carbocycles. The van der Waals surface area contributed by atoms with Crippen molar-refractivity contribution in [2.24, 2.45) is 11.7 Å². The van der Waals surface area contributed by atoms with Crippen molar-refractivity contribution in [1.29, 1.82) is 0 Å². The minimum atomic E-state index is 0.233. The molecule has 3 rings (SSSR count). The number of allylic oxidation sites excluding steroid dienone is 1. The van der Waals surface area contributed by atoms with Crippen LogP contribution in [0.3, 0.4) is 0 Å². The summed E-state index contributed by atoms with van der Waals surface area (Å²) in [7, 11) is 1.73. The number of hydrogen-bond acceptors (Lipinski definition) is 7. The van der Waals surface area contributed by atoms with Gasteiger partial charge in [0.2, 0.25) is 0 Å². The molecule has 156 valence electrons. The molecule has 7 heteroatoms. The van der Waals surface area contributed by atoms with E-state index >= 15 is 0 Å². The molecule has 5 N–H and O–H groups in total. The third kappa shape index (κ3) is 5.92. The maximum Gasteiger partial charge on any atom is 0.161 e. The summed E-state index contributed by atoms with van der Waals surface area (Å²) >= 11 is 0. The number of methoxy groups -OCH3 is 1. The fraction of sp³-hybridized carbons (Fsp3) is 0.455. The molecular formula is C22H32N6O. The number of nitrogens with one attached hydrogen (secondary N) is 3. The van der Waals surface area contributed by atoms with E-state index in [0.717, 1.165) is 30.2 Å². The number of nitrogens with two attached hydrogens (primary N) is 1. The average Bonchev–Trinajstić information content (AvgIpc) is 3.14. The molecule has 1 aromatic carbocycles. The molecule has 0 saturated carbocycles. The van der Waals surface area contributed by atoms with Gasteiger partial charge < -0.3 is 26.4 Å². The number of nitrogens with zero attached hydrogens (tertiary/aromatic N) is 2. The third-order valence-electron chi connectivity index (χ3n) is 5.04. The lowest BCUT2D eigenvalue weighted by Crippen LogP contribution is -2.26. The Labute approximate surface area is 173 Å². The molecule has 29 heavy (non-hydrogen) atoms. The fourth-order valence-corrected chi connectivity index (χ4v) is 3.52. The van der Waals surface area contributed by atoms with E-state index in [2.05, 4.69) is 41.9 Å². The van der Waals surface area contributed by atoms with Crippen LogP contribution in [-0.4, -0.2) is 42.3 Å². The maximum absolute atomic E-state index is 5.88. The van der Waals surface area contributed by atoms with Crippen LogP contribution in [0.1, 0.15) is 31.7 Å². The molecular weight excluding hydrogens is 364 g/mol. The Morgan fingerprint density at radius 3 is 2.72 bits per heavy atom. The molecule has 7 nitrogen and oxygen atoms in total. The number of aromatic nitrogens is 2. The second-order valence-corrected chi connectivity index (χ2v) is 7.72. The van der Waals surface area contributed by atoms with Gasteiger partial charge in [-0.05, 0) is 17.9 Å². The summed E-state index contributed by atoms with van der Waals surface area (Å²) in [6.45, 7) is 6.47. The van der Waals surface area contributed by atoms with Crippen LogP contribution in [0.4, 0.5) is 11.6 Å². The molecule has 2 aromatic rings. The normalized spacial score (nSPS) is 19.5. The lowest BCUT2D eigenvalue weighted by atomic mass is 10.0. The Kier molecular flexibility index (Phi) is 7.43. The highest BCUT2D eigenvalue weighted by Gasteiger charge is 2.24. The van der Waals surface area contributed by atoms with Crippen molar-refractivity contribution < 1.29 is 4.74 Å². The van der Waals surface area contributed by atoms with E-state index in [-0.39, 0.29) is 5.92 Å². The lowest BCUT2D eigenvalue weighted by molar-refractivity contribution is 0.173. The third-order valence-corrected chi connectivity index (χ3v) is 5.04. The van der Waals surface area contributed by atoms with Gasteiger partial charge in [-0.1, -0.05) is 44.2 Å². The highest BCUT2D eigenvalue weighted by molar-refractivity contribution is 5.64. The first-order valence-electron chi connectivity index (χ1n) is 10.2. The van der Waals surface area contributed by atoms with Crippen LogP contribution in [0, 0.1) is 5.92 Å². The number of benzene rings is 1. The number of ether oxygens (including phenoxy) is 1. The molecule has 0 radical (unpaired) electrons. The van der Waals surface area contributed by atoms with Gasteiger partial charge in [-0.3, -0.25) is 0 Å². The zero-order chi connectivity index (χ0) is 20.6. The second kappa shape index (κ2) is 10.2. The summed E-state index contributed by atoms with van der Waals surface area (Å²) < 4.78 is 5.26. The Morgan fingerprint density at radius 1 is 1.28 bits per heavy atom. The highest BCUT2D eigenvalue weighted by atomic mass is 16.5. The van der Waals surface area contributed by atoms with Crippen LogP contribution in [0.15, 0.2) is 42.6 Å². The number of rotatable bonds is 9. The number of anilines is 2. The minimum Gasteiger partial charge on any atom is -0.404 e. The van der Waals surface area contributed by atoms with Gasteiger partial charge in [0.25, 0.3) is 0 Å². The predicted octanol–water partition coefficient (Wildman–Crippen LogP) is 2.83. The summed E-state index contributed by atoms with van der Waals surface area (Å²) in [5.74, 6) is 2.47. The van der Waals surface area contributed by atoms with Crippen LogP contribution in [0.2, 0.25) is 0 Å². The molecule has 1 saturated heterocycles. The van der Waals surface area contributed by atoms with E-state index in [0.29, 0.717) is 31.1 Å². The molecule has 1 aromatic heterocycles. The van der Waals surface area contributed by atoms with E-state index in [1.807, 2.05) is 24.3 Å². The molecule has 0 spiro atoms. The van der Waals surface area contributed by atoms with Crippen molar-refractivity contribution in [3.05, 3.63) is 54.0 Å². The van der Waals surface area contributed by atoms with Gasteiger partial charge in [-0.25, -0.2) is 9.97 Å². The second-order valence-electron chi connectivity index (χ2n) is 7.72. The molecule has 2 heterocycles. The minimum absolute atomic E-state index is 0.233. The van der Waals surface area contributed by atoms with Gasteiger partial charge in [0, 0.05) is 50.1 Å². The first kappa shape index (κ1) is 21.1. The topological polar surface area (TPSA) is 97.1 Å². The Morgan fingerprint density at radius 2 is 2.03 bits per heavy atom. The van der Waals surface area contributed by atoms with E-state index in [4.69, 9.17) is 20.4 Å². The Balaban J connectivity index is 1.79. The van der Waals surface area contributed by atoms with Crippen LogP contribution in [0.25, 0.3) is 5.57 Å². The van der Waals surface area contributed by atoms with Crippen molar-refractivity contribution in [2.75, 3.05) is 30.9 Å². The van der Waals surface area contributed by atoms with E-state index < -0.39 is 0 Å². The van der Waals surface area contributed by atoms with Crippen LogP contribution in [-0.2, 0) is 11.3 Å². The fourth-order valence-electron chi connectivity index (χ4n) is 3.52.